The molecule has 1 aromatic carbocycles. The quantitative estimate of drug-likeness (QED) is 0.780. The molecule has 3 heteroatoms. The summed E-state index contributed by atoms with van der Waals surface area (Å²) >= 11 is 0. The zero-order valence-corrected chi connectivity index (χ0v) is 8.09. The first-order valence-electron chi connectivity index (χ1n) is 4.65. The van der Waals surface area contributed by atoms with Crippen LogP contribution in [0.1, 0.15) is 5.56 Å². The van der Waals surface area contributed by atoms with Gasteiger partial charge in [-0.1, -0.05) is 18.2 Å². The standard InChI is InChI=1S/C12H11NO2/c14-8-9-3-1-4-10(7-9)12-11(15)5-2-6-13-12/h1-7,14-15H,8H2. The van der Waals surface area contributed by atoms with Gasteiger partial charge in [0.25, 0.3) is 0 Å². The van der Waals surface area contributed by atoms with E-state index in [-0.39, 0.29) is 12.4 Å². The van der Waals surface area contributed by atoms with Crippen LogP contribution in [0.2, 0.25) is 0 Å². The Bertz CT molecular complexity index is 469. The summed E-state index contributed by atoms with van der Waals surface area (Å²) in [6.07, 6.45) is 1.63. The lowest BCUT2D eigenvalue weighted by molar-refractivity contribution is 0.282. The Morgan fingerprint density at radius 1 is 1.13 bits per heavy atom. The van der Waals surface area contributed by atoms with Crippen molar-refractivity contribution in [1.29, 1.82) is 0 Å². The molecule has 0 unspecified atom stereocenters. The normalized spacial score (nSPS) is 10.2. The summed E-state index contributed by atoms with van der Waals surface area (Å²) < 4.78 is 0. The lowest BCUT2D eigenvalue weighted by Gasteiger charge is -2.04. The summed E-state index contributed by atoms with van der Waals surface area (Å²) in [6, 6.07) is 10.6. The largest absolute Gasteiger partial charge is 0.506 e. The van der Waals surface area contributed by atoms with Crippen molar-refractivity contribution < 1.29 is 10.2 Å². The summed E-state index contributed by atoms with van der Waals surface area (Å²) in [5, 5.41) is 18.6. The van der Waals surface area contributed by atoms with E-state index in [4.69, 9.17) is 5.11 Å². The smallest absolute Gasteiger partial charge is 0.141 e. The van der Waals surface area contributed by atoms with Gasteiger partial charge in [0.05, 0.1) is 6.61 Å². The van der Waals surface area contributed by atoms with Crippen LogP contribution in [0.5, 0.6) is 5.75 Å². The lowest BCUT2D eigenvalue weighted by Crippen LogP contribution is -1.87. The monoisotopic (exact) mass is 201 g/mol. The summed E-state index contributed by atoms with van der Waals surface area (Å²) in [6.45, 7) is -0.0125. The first-order valence-corrected chi connectivity index (χ1v) is 4.65. The summed E-state index contributed by atoms with van der Waals surface area (Å²) in [5.74, 6) is 0.146. The highest BCUT2D eigenvalue weighted by molar-refractivity contribution is 5.66. The maximum absolute atomic E-state index is 9.60. The molecule has 0 aliphatic carbocycles. The van der Waals surface area contributed by atoms with Crippen LogP contribution in [0, 0.1) is 0 Å². The van der Waals surface area contributed by atoms with E-state index in [1.165, 1.54) is 0 Å². The van der Waals surface area contributed by atoms with Gasteiger partial charge in [-0.15, -0.1) is 0 Å². The number of hydrogen-bond donors (Lipinski definition) is 2. The van der Waals surface area contributed by atoms with E-state index in [1.54, 1.807) is 18.3 Å². The number of aliphatic hydroxyl groups is 1. The molecule has 0 radical (unpaired) electrons. The van der Waals surface area contributed by atoms with Gasteiger partial charge in [0, 0.05) is 11.8 Å². The van der Waals surface area contributed by atoms with Crippen molar-refractivity contribution in [2.45, 2.75) is 6.61 Å². The third-order valence-corrected chi connectivity index (χ3v) is 2.17. The van der Waals surface area contributed by atoms with Gasteiger partial charge in [-0.25, -0.2) is 0 Å². The van der Waals surface area contributed by atoms with Gasteiger partial charge in [0.15, 0.2) is 0 Å². The number of pyridine rings is 1. The van der Waals surface area contributed by atoms with Crippen molar-refractivity contribution in [3.8, 4) is 17.0 Å². The second kappa shape index (κ2) is 4.11. The second-order valence-corrected chi connectivity index (χ2v) is 3.23. The minimum atomic E-state index is -0.0125. The topological polar surface area (TPSA) is 53.4 Å². The minimum absolute atomic E-state index is 0.0125. The van der Waals surface area contributed by atoms with Gasteiger partial charge >= 0.3 is 0 Å². The van der Waals surface area contributed by atoms with Crippen LogP contribution in [0.3, 0.4) is 0 Å². The van der Waals surface area contributed by atoms with Crippen LogP contribution < -0.4 is 0 Å². The molecule has 2 N–H and O–H groups in total. The Morgan fingerprint density at radius 3 is 2.73 bits per heavy atom. The van der Waals surface area contributed by atoms with Gasteiger partial charge in [-0.2, -0.15) is 0 Å². The number of hydrogen-bond acceptors (Lipinski definition) is 3. The highest BCUT2D eigenvalue weighted by Crippen LogP contribution is 2.26. The molecule has 0 aliphatic heterocycles. The van der Waals surface area contributed by atoms with Crippen LogP contribution >= 0.6 is 0 Å². The molecule has 0 saturated carbocycles. The van der Waals surface area contributed by atoms with Crippen LogP contribution in [0.4, 0.5) is 0 Å². The predicted molar refractivity (Wildman–Crippen MR) is 57.3 cm³/mol. The molecule has 0 spiro atoms. The first-order chi connectivity index (χ1) is 7.31. The van der Waals surface area contributed by atoms with Gasteiger partial charge in [-0.3, -0.25) is 4.98 Å². The van der Waals surface area contributed by atoms with Crippen LogP contribution in [0.15, 0.2) is 42.6 Å². The molecule has 0 saturated heterocycles. The zero-order chi connectivity index (χ0) is 10.7. The lowest BCUT2D eigenvalue weighted by atomic mass is 10.1. The number of aliphatic hydroxyl groups excluding tert-OH is 1. The third-order valence-electron chi connectivity index (χ3n) is 2.17. The highest BCUT2D eigenvalue weighted by atomic mass is 16.3. The third kappa shape index (κ3) is 1.97. The van der Waals surface area contributed by atoms with Crippen LogP contribution in [-0.2, 0) is 6.61 Å². The molecule has 2 rings (SSSR count). The summed E-state index contributed by atoms with van der Waals surface area (Å²) in [5.41, 5.74) is 2.14. The average Bonchev–Trinajstić information content (AvgIpc) is 2.30. The average molecular weight is 201 g/mol. The molecule has 76 valence electrons. The van der Waals surface area contributed by atoms with Gasteiger partial charge < -0.3 is 10.2 Å². The SMILES string of the molecule is OCc1cccc(-c2ncccc2O)c1. The fourth-order valence-electron chi connectivity index (χ4n) is 1.44. The molecular weight excluding hydrogens is 190 g/mol. The number of rotatable bonds is 2. The number of aromatic nitrogens is 1. The minimum Gasteiger partial charge on any atom is -0.506 e. The molecule has 1 aromatic heterocycles. The van der Waals surface area contributed by atoms with Crippen molar-refractivity contribution in [1.82, 2.24) is 4.98 Å². The Labute approximate surface area is 87.7 Å². The Kier molecular flexibility index (Phi) is 2.65. The molecule has 1 heterocycles. The second-order valence-electron chi connectivity index (χ2n) is 3.23. The van der Waals surface area contributed by atoms with Crippen molar-refractivity contribution in [2.24, 2.45) is 0 Å². The molecule has 0 atom stereocenters. The van der Waals surface area contributed by atoms with Gasteiger partial charge in [0.2, 0.25) is 0 Å². The molecule has 0 fully saturated rings. The summed E-state index contributed by atoms with van der Waals surface area (Å²) in [7, 11) is 0. The van der Waals surface area contributed by atoms with Gasteiger partial charge in [0.1, 0.15) is 11.4 Å². The number of benzene rings is 1. The van der Waals surface area contributed by atoms with E-state index in [9.17, 15) is 5.11 Å². The molecule has 2 aromatic rings. The Balaban J connectivity index is 2.49. The van der Waals surface area contributed by atoms with Crippen molar-refractivity contribution >= 4 is 0 Å². The van der Waals surface area contributed by atoms with E-state index in [1.807, 2.05) is 24.3 Å². The maximum atomic E-state index is 9.60. The molecule has 0 aliphatic rings. The van der Waals surface area contributed by atoms with Crippen LogP contribution in [0.25, 0.3) is 11.3 Å². The fraction of sp³-hybridized carbons (Fsp3) is 0.0833. The Morgan fingerprint density at radius 2 is 2.00 bits per heavy atom. The molecular formula is C12H11NO2. The Hall–Kier alpha value is -1.87. The summed E-state index contributed by atoms with van der Waals surface area (Å²) in [4.78, 5) is 4.09. The predicted octanol–water partition coefficient (Wildman–Crippen LogP) is 1.95. The number of aromatic hydroxyl groups is 1. The van der Waals surface area contributed by atoms with E-state index < -0.39 is 0 Å². The zero-order valence-electron chi connectivity index (χ0n) is 8.09. The van der Waals surface area contributed by atoms with Crippen LogP contribution in [-0.4, -0.2) is 15.2 Å². The molecule has 0 amide bonds. The maximum Gasteiger partial charge on any atom is 0.141 e. The number of nitrogens with zero attached hydrogens (tertiary/aromatic N) is 1. The van der Waals surface area contributed by atoms with Crippen molar-refractivity contribution in [2.75, 3.05) is 0 Å². The van der Waals surface area contributed by atoms with Crippen molar-refractivity contribution in [3.05, 3.63) is 48.2 Å². The molecule has 0 bridgehead atoms. The van der Waals surface area contributed by atoms with E-state index >= 15 is 0 Å². The fourth-order valence-corrected chi connectivity index (χ4v) is 1.44. The first kappa shape index (κ1) is 9.68. The molecule has 15 heavy (non-hydrogen) atoms. The van der Waals surface area contributed by atoms with Crippen molar-refractivity contribution in [3.63, 3.8) is 0 Å². The molecule has 3 nitrogen and oxygen atoms in total. The van der Waals surface area contributed by atoms with E-state index in [2.05, 4.69) is 4.98 Å². The van der Waals surface area contributed by atoms with E-state index in [0.29, 0.717) is 5.69 Å². The highest BCUT2D eigenvalue weighted by Gasteiger charge is 2.04. The van der Waals surface area contributed by atoms with E-state index in [0.717, 1.165) is 11.1 Å². The van der Waals surface area contributed by atoms with Gasteiger partial charge in [-0.05, 0) is 23.8 Å².